The van der Waals surface area contributed by atoms with Crippen LogP contribution in [-0.4, -0.2) is 71.0 Å². The van der Waals surface area contributed by atoms with Gasteiger partial charge in [0.25, 0.3) is 0 Å². The molecule has 3 N–H and O–H groups in total. The second-order valence-electron chi connectivity index (χ2n) is 10.9. The summed E-state index contributed by atoms with van der Waals surface area (Å²) < 4.78 is 11.0. The summed E-state index contributed by atoms with van der Waals surface area (Å²) in [7, 11) is 0. The molecular formula is C30H42N4O6S. The molecule has 0 saturated carbocycles. The number of aryl methyl sites for hydroxylation is 1. The number of ether oxygens (including phenoxy) is 2. The first-order valence-corrected chi connectivity index (χ1v) is 15.1. The SMILES string of the molecule is CCOC(=O)C1N(C(=O)[C@@H](CCCc2ccccc2)NC(=O)C(C)(C)N)CCCC1(Cc1cscn1)C(=O)OCC. The van der Waals surface area contributed by atoms with Gasteiger partial charge in [0.15, 0.2) is 0 Å². The predicted octanol–water partition coefficient (Wildman–Crippen LogP) is 3.03. The Kier molecular flexibility index (Phi) is 11.4. The highest BCUT2D eigenvalue weighted by Gasteiger charge is 2.57. The van der Waals surface area contributed by atoms with Crippen LogP contribution in [0.1, 0.15) is 64.6 Å². The van der Waals surface area contributed by atoms with Crippen LogP contribution < -0.4 is 11.1 Å². The van der Waals surface area contributed by atoms with Gasteiger partial charge < -0.3 is 25.4 Å². The van der Waals surface area contributed by atoms with E-state index in [-0.39, 0.29) is 26.2 Å². The van der Waals surface area contributed by atoms with Crippen molar-refractivity contribution in [2.45, 2.75) is 83.8 Å². The number of carbonyl (C=O) groups excluding carboxylic acids is 4. The molecule has 1 aliphatic heterocycles. The molecule has 1 aromatic carbocycles. The van der Waals surface area contributed by atoms with E-state index in [1.54, 1.807) is 33.2 Å². The van der Waals surface area contributed by atoms with Crippen molar-refractivity contribution in [3.8, 4) is 0 Å². The maximum atomic E-state index is 14.3. The number of amides is 2. The molecule has 0 aliphatic carbocycles. The van der Waals surface area contributed by atoms with Gasteiger partial charge >= 0.3 is 11.9 Å². The van der Waals surface area contributed by atoms with Crippen LogP contribution in [0, 0.1) is 5.41 Å². The van der Waals surface area contributed by atoms with Crippen molar-refractivity contribution in [2.24, 2.45) is 11.1 Å². The third kappa shape index (κ3) is 8.13. The highest BCUT2D eigenvalue weighted by atomic mass is 32.1. The number of thiazole rings is 1. The number of rotatable bonds is 13. The fourth-order valence-electron chi connectivity index (χ4n) is 5.29. The van der Waals surface area contributed by atoms with Gasteiger partial charge in [-0.2, -0.15) is 0 Å². The Morgan fingerprint density at radius 2 is 1.88 bits per heavy atom. The van der Waals surface area contributed by atoms with Crippen molar-refractivity contribution >= 4 is 35.1 Å². The maximum absolute atomic E-state index is 14.3. The molecule has 1 aromatic heterocycles. The summed E-state index contributed by atoms with van der Waals surface area (Å²) in [5, 5.41) is 4.64. The molecule has 11 heteroatoms. The summed E-state index contributed by atoms with van der Waals surface area (Å²) in [5.41, 5.74) is 6.83. The summed E-state index contributed by atoms with van der Waals surface area (Å²) >= 11 is 1.38. The number of carbonyl (C=O) groups is 4. The first-order chi connectivity index (χ1) is 19.5. The highest BCUT2D eigenvalue weighted by Crippen LogP contribution is 2.42. The number of nitrogens with zero attached hydrogens (tertiary/aromatic N) is 2. The molecule has 2 amide bonds. The van der Waals surface area contributed by atoms with Crippen molar-refractivity contribution in [1.29, 1.82) is 0 Å². The van der Waals surface area contributed by atoms with Crippen molar-refractivity contribution < 1.29 is 28.7 Å². The number of likely N-dealkylation sites (tertiary alicyclic amines) is 1. The molecule has 2 heterocycles. The van der Waals surface area contributed by atoms with Crippen LogP contribution in [0.5, 0.6) is 0 Å². The number of nitrogens with two attached hydrogens (primary N) is 1. The third-order valence-electron chi connectivity index (χ3n) is 7.30. The number of piperidine rings is 1. The smallest absolute Gasteiger partial charge is 0.330 e. The standard InChI is InChI=1S/C30H42N4O6S/c1-5-39-26(36)24-30(28(38)40-6-2,18-22-19-41-20-32-22)16-11-17-34(24)25(35)23(33-27(37)29(3,4)31)15-10-14-21-12-8-7-9-13-21/h7-9,12-13,19-20,23-24H,5-6,10-11,14-18,31H2,1-4H3,(H,33,37)/t23-,24?,30?/m1/s1. The molecule has 1 aliphatic rings. The Morgan fingerprint density at radius 1 is 1.17 bits per heavy atom. The van der Waals surface area contributed by atoms with Gasteiger partial charge in [0.05, 0.1) is 30.0 Å². The normalized spacial score (nSPS) is 19.7. The Labute approximate surface area is 246 Å². The zero-order valence-corrected chi connectivity index (χ0v) is 25.2. The van der Waals surface area contributed by atoms with E-state index in [4.69, 9.17) is 15.2 Å². The zero-order chi connectivity index (χ0) is 30.0. The van der Waals surface area contributed by atoms with E-state index in [1.807, 2.05) is 35.7 Å². The zero-order valence-electron chi connectivity index (χ0n) is 24.4. The van der Waals surface area contributed by atoms with E-state index in [0.29, 0.717) is 37.8 Å². The molecule has 0 radical (unpaired) electrons. The quantitative estimate of drug-likeness (QED) is 0.341. The monoisotopic (exact) mass is 586 g/mol. The number of nitrogens with one attached hydrogen (secondary N) is 1. The molecule has 3 atom stereocenters. The van der Waals surface area contributed by atoms with Gasteiger partial charge in [0.2, 0.25) is 11.8 Å². The van der Waals surface area contributed by atoms with Gasteiger partial charge in [-0.3, -0.25) is 14.4 Å². The van der Waals surface area contributed by atoms with Gasteiger partial charge in [0.1, 0.15) is 17.5 Å². The summed E-state index contributed by atoms with van der Waals surface area (Å²) in [4.78, 5) is 60.3. The van der Waals surface area contributed by atoms with E-state index in [9.17, 15) is 19.2 Å². The first-order valence-electron chi connectivity index (χ1n) is 14.2. The van der Waals surface area contributed by atoms with Gasteiger partial charge in [-0.15, -0.1) is 11.3 Å². The molecule has 2 unspecified atom stereocenters. The van der Waals surface area contributed by atoms with Crippen LogP contribution in [0.25, 0.3) is 0 Å². The van der Waals surface area contributed by atoms with Crippen molar-refractivity contribution in [3.05, 3.63) is 52.5 Å². The third-order valence-corrected chi connectivity index (χ3v) is 7.94. The fraction of sp³-hybridized carbons (Fsp3) is 0.567. The largest absolute Gasteiger partial charge is 0.465 e. The molecule has 1 fully saturated rings. The molecule has 0 bridgehead atoms. The lowest BCUT2D eigenvalue weighted by Crippen LogP contribution is -2.66. The second-order valence-corrected chi connectivity index (χ2v) is 11.7. The summed E-state index contributed by atoms with van der Waals surface area (Å²) in [5.74, 6) is -2.20. The number of esters is 2. The summed E-state index contributed by atoms with van der Waals surface area (Å²) in [6.45, 7) is 6.92. The molecule has 224 valence electrons. The minimum atomic E-state index is -1.39. The highest BCUT2D eigenvalue weighted by molar-refractivity contribution is 7.07. The van der Waals surface area contributed by atoms with Crippen LogP contribution in [0.2, 0.25) is 0 Å². The molecule has 10 nitrogen and oxygen atoms in total. The van der Waals surface area contributed by atoms with Gasteiger partial charge in [-0.05, 0) is 65.4 Å². The summed E-state index contributed by atoms with van der Waals surface area (Å²) in [6.07, 6.45) is 2.51. The number of hydrogen-bond acceptors (Lipinski definition) is 9. The van der Waals surface area contributed by atoms with Gasteiger partial charge in [0, 0.05) is 18.3 Å². The summed E-state index contributed by atoms with van der Waals surface area (Å²) in [6, 6.07) is 7.65. The lowest BCUT2D eigenvalue weighted by molar-refractivity contribution is -0.179. The average Bonchev–Trinajstić information content (AvgIpc) is 3.45. The minimum absolute atomic E-state index is 0.0750. The van der Waals surface area contributed by atoms with E-state index < -0.39 is 46.8 Å². The molecule has 1 saturated heterocycles. The fourth-order valence-corrected chi connectivity index (χ4v) is 5.85. The molecular weight excluding hydrogens is 544 g/mol. The van der Waals surface area contributed by atoms with E-state index >= 15 is 0 Å². The van der Waals surface area contributed by atoms with Gasteiger partial charge in [-0.1, -0.05) is 30.3 Å². The number of benzene rings is 1. The molecule has 41 heavy (non-hydrogen) atoms. The van der Waals surface area contributed by atoms with Gasteiger partial charge in [-0.25, -0.2) is 9.78 Å². The van der Waals surface area contributed by atoms with Crippen molar-refractivity contribution in [3.63, 3.8) is 0 Å². The number of aromatic nitrogens is 1. The van der Waals surface area contributed by atoms with Crippen molar-refractivity contribution in [1.82, 2.24) is 15.2 Å². The lowest BCUT2D eigenvalue weighted by atomic mass is 9.69. The number of hydrogen-bond donors (Lipinski definition) is 2. The van der Waals surface area contributed by atoms with Crippen LogP contribution in [0.3, 0.4) is 0 Å². The Bertz CT molecular complexity index is 1170. The lowest BCUT2D eigenvalue weighted by Gasteiger charge is -2.47. The molecule has 0 spiro atoms. The Hall–Kier alpha value is -3.31. The topological polar surface area (TPSA) is 141 Å². The van der Waals surface area contributed by atoms with Crippen LogP contribution in [0.15, 0.2) is 41.2 Å². The first kappa shape index (κ1) is 32.2. The van der Waals surface area contributed by atoms with E-state index in [2.05, 4.69) is 10.3 Å². The van der Waals surface area contributed by atoms with E-state index in [1.165, 1.54) is 16.2 Å². The predicted molar refractivity (Wildman–Crippen MR) is 156 cm³/mol. The molecule has 3 rings (SSSR count). The maximum Gasteiger partial charge on any atom is 0.330 e. The average molecular weight is 587 g/mol. The second kappa shape index (κ2) is 14.5. The van der Waals surface area contributed by atoms with Crippen molar-refractivity contribution in [2.75, 3.05) is 19.8 Å². The van der Waals surface area contributed by atoms with Crippen LogP contribution in [0.4, 0.5) is 0 Å². The molecule has 2 aromatic rings. The Balaban J connectivity index is 1.99. The van der Waals surface area contributed by atoms with Crippen LogP contribution in [-0.2, 0) is 41.5 Å². The van der Waals surface area contributed by atoms with Crippen LogP contribution >= 0.6 is 11.3 Å². The minimum Gasteiger partial charge on any atom is -0.465 e. The Morgan fingerprint density at radius 3 is 2.49 bits per heavy atom. The van der Waals surface area contributed by atoms with E-state index in [0.717, 1.165) is 5.56 Å².